The fourth-order valence-corrected chi connectivity index (χ4v) is 4.41. The molecule has 1 amide bonds. The summed E-state index contributed by atoms with van der Waals surface area (Å²) in [6, 6.07) is 18.7. The molecule has 0 fully saturated rings. The molecule has 0 unspecified atom stereocenters. The molecule has 0 aliphatic rings. The van der Waals surface area contributed by atoms with Gasteiger partial charge in [0.15, 0.2) is 0 Å². The molecule has 9 heteroatoms. The zero-order chi connectivity index (χ0) is 21.7. The van der Waals surface area contributed by atoms with E-state index in [4.69, 9.17) is 27.9 Å². The maximum absolute atomic E-state index is 13.3. The summed E-state index contributed by atoms with van der Waals surface area (Å²) < 4.78 is 32.6. The van der Waals surface area contributed by atoms with Gasteiger partial charge in [-0.15, -0.1) is 0 Å². The highest BCUT2D eigenvalue weighted by Crippen LogP contribution is 2.27. The first-order valence-corrected chi connectivity index (χ1v) is 11.0. The summed E-state index contributed by atoms with van der Waals surface area (Å²) >= 11 is 11.9. The van der Waals surface area contributed by atoms with E-state index in [1.807, 2.05) is 0 Å². The van der Waals surface area contributed by atoms with Crippen molar-refractivity contribution in [3.8, 4) is 5.75 Å². The monoisotopic (exact) mass is 464 g/mol. The van der Waals surface area contributed by atoms with E-state index in [1.165, 1.54) is 37.4 Å². The fraction of sp³-hybridized carbons (Fsp3) is 0.0952. The molecule has 3 rings (SSSR count). The van der Waals surface area contributed by atoms with Gasteiger partial charge in [0.2, 0.25) is 5.91 Å². The number of benzene rings is 3. The number of nitrogens with zero attached hydrogens (tertiary/aromatic N) is 1. The summed E-state index contributed by atoms with van der Waals surface area (Å²) in [5.41, 5.74) is 0.776. The van der Waals surface area contributed by atoms with E-state index in [-0.39, 0.29) is 10.6 Å². The maximum atomic E-state index is 13.3. The van der Waals surface area contributed by atoms with Crippen molar-refractivity contribution in [2.45, 2.75) is 4.90 Å². The predicted octanol–water partition coefficient (Wildman–Crippen LogP) is 4.84. The Balaban J connectivity index is 1.91. The van der Waals surface area contributed by atoms with E-state index in [0.29, 0.717) is 21.5 Å². The second-order valence-electron chi connectivity index (χ2n) is 6.22. The van der Waals surface area contributed by atoms with Gasteiger partial charge in [0.05, 0.1) is 17.7 Å². The van der Waals surface area contributed by atoms with Gasteiger partial charge >= 0.3 is 0 Å². The van der Waals surface area contributed by atoms with E-state index in [2.05, 4.69) is 5.32 Å². The average molecular weight is 465 g/mol. The minimum absolute atomic E-state index is 0.00382. The van der Waals surface area contributed by atoms with Crippen molar-refractivity contribution in [1.29, 1.82) is 0 Å². The highest BCUT2D eigenvalue weighted by Gasteiger charge is 2.27. The number of anilines is 2. The molecule has 0 saturated heterocycles. The third-order valence-electron chi connectivity index (χ3n) is 4.16. The predicted molar refractivity (Wildman–Crippen MR) is 119 cm³/mol. The summed E-state index contributed by atoms with van der Waals surface area (Å²) in [6.07, 6.45) is 0. The van der Waals surface area contributed by atoms with Crippen molar-refractivity contribution in [2.75, 3.05) is 23.3 Å². The van der Waals surface area contributed by atoms with Crippen LogP contribution in [0.4, 0.5) is 11.4 Å². The molecule has 0 bridgehead atoms. The van der Waals surface area contributed by atoms with Crippen LogP contribution in [0.5, 0.6) is 5.75 Å². The van der Waals surface area contributed by atoms with Crippen LogP contribution in [0.25, 0.3) is 0 Å². The number of hydrogen-bond acceptors (Lipinski definition) is 4. The van der Waals surface area contributed by atoms with Crippen LogP contribution in [-0.4, -0.2) is 28.0 Å². The summed E-state index contributed by atoms with van der Waals surface area (Å²) in [6.45, 7) is -0.447. The first-order chi connectivity index (χ1) is 14.3. The Labute approximate surface area is 185 Å². The Morgan fingerprint density at radius 2 is 1.63 bits per heavy atom. The molecule has 1 N–H and O–H groups in total. The molecule has 0 aliphatic carbocycles. The molecule has 0 spiro atoms. The second kappa shape index (κ2) is 9.38. The smallest absolute Gasteiger partial charge is 0.264 e. The molecule has 0 aromatic heterocycles. The number of carbonyl (C=O) groups excluding carboxylic acids is 1. The maximum Gasteiger partial charge on any atom is 0.264 e. The number of sulfonamides is 1. The first-order valence-electron chi connectivity index (χ1n) is 8.77. The molecular formula is C21H18Cl2N2O4S. The third-order valence-corrected chi connectivity index (χ3v) is 6.43. The van der Waals surface area contributed by atoms with Crippen molar-refractivity contribution < 1.29 is 17.9 Å². The third kappa shape index (κ3) is 5.24. The lowest BCUT2D eigenvalue weighted by Crippen LogP contribution is -2.38. The van der Waals surface area contributed by atoms with Crippen molar-refractivity contribution in [3.05, 3.63) is 82.8 Å². The van der Waals surface area contributed by atoms with E-state index in [1.54, 1.807) is 42.5 Å². The molecule has 0 radical (unpaired) electrons. The number of rotatable bonds is 7. The Hall–Kier alpha value is -2.74. The lowest BCUT2D eigenvalue weighted by atomic mass is 10.3. The molecule has 156 valence electrons. The van der Waals surface area contributed by atoms with Crippen LogP contribution in [0, 0.1) is 0 Å². The number of halogens is 2. The quantitative estimate of drug-likeness (QED) is 0.542. The molecule has 6 nitrogen and oxygen atoms in total. The molecular weight excluding hydrogens is 447 g/mol. The number of hydrogen-bond donors (Lipinski definition) is 1. The highest BCUT2D eigenvalue weighted by atomic mass is 35.5. The second-order valence-corrected chi connectivity index (χ2v) is 8.96. The normalized spacial score (nSPS) is 11.0. The van der Waals surface area contributed by atoms with Crippen LogP contribution < -0.4 is 14.4 Å². The van der Waals surface area contributed by atoms with Gasteiger partial charge in [-0.25, -0.2) is 8.42 Å². The van der Waals surface area contributed by atoms with Gasteiger partial charge in [-0.1, -0.05) is 29.3 Å². The van der Waals surface area contributed by atoms with Gasteiger partial charge in [0, 0.05) is 15.7 Å². The lowest BCUT2D eigenvalue weighted by Gasteiger charge is -2.24. The topological polar surface area (TPSA) is 75.7 Å². The number of nitrogens with one attached hydrogen (secondary N) is 1. The van der Waals surface area contributed by atoms with E-state index in [9.17, 15) is 13.2 Å². The Morgan fingerprint density at radius 1 is 0.967 bits per heavy atom. The summed E-state index contributed by atoms with van der Waals surface area (Å²) in [5, 5.41) is 3.44. The van der Waals surface area contributed by atoms with Crippen LogP contribution >= 0.6 is 23.2 Å². The van der Waals surface area contributed by atoms with Crippen LogP contribution in [0.3, 0.4) is 0 Å². The van der Waals surface area contributed by atoms with Crippen molar-refractivity contribution >= 4 is 50.5 Å². The Bertz CT molecular complexity index is 1130. The molecule has 0 aliphatic heterocycles. The van der Waals surface area contributed by atoms with Gasteiger partial charge in [-0.3, -0.25) is 9.10 Å². The number of methoxy groups -OCH3 is 1. The SMILES string of the molecule is COc1ccc(NC(=O)CN(c2cccc(Cl)c2)S(=O)(=O)c2ccc(Cl)cc2)cc1. The van der Waals surface area contributed by atoms with E-state index >= 15 is 0 Å². The van der Waals surface area contributed by atoms with Gasteiger partial charge in [0.25, 0.3) is 10.0 Å². The molecule has 0 saturated carbocycles. The Kier molecular flexibility index (Phi) is 6.87. The van der Waals surface area contributed by atoms with Crippen LogP contribution in [-0.2, 0) is 14.8 Å². The molecule has 0 atom stereocenters. The van der Waals surface area contributed by atoms with E-state index in [0.717, 1.165) is 4.31 Å². The fourth-order valence-electron chi connectivity index (χ4n) is 2.69. The van der Waals surface area contributed by atoms with Crippen molar-refractivity contribution in [2.24, 2.45) is 0 Å². The van der Waals surface area contributed by atoms with E-state index < -0.39 is 22.5 Å². The van der Waals surface area contributed by atoms with Crippen LogP contribution in [0.2, 0.25) is 10.0 Å². The standard InChI is InChI=1S/C21H18Cl2N2O4S/c1-29-19-9-7-17(8-10-19)24-21(26)14-25(18-4-2-3-16(23)13-18)30(27,28)20-11-5-15(22)6-12-20/h2-13H,14H2,1H3,(H,24,26). The first kappa shape index (κ1) is 22.0. The minimum Gasteiger partial charge on any atom is -0.497 e. The molecule has 3 aromatic carbocycles. The van der Waals surface area contributed by atoms with Crippen molar-refractivity contribution in [3.63, 3.8) is 0 Å². The number of carbonyl (C=O) groups is 1. The van der Waals surface area contributed by atoms with Gasteiger partial charge < -0.3 is 10.1 Å². The zero-order valence-electron chi connectivity index (χ0n) is 15.9. The Morgan fingerprint density at radius 3 is 2.23 bits per heavy atom. The van der Waals surface area contributed by atoms with Gasteiger partial charge in [0.1, 0.15) is 12.3 Å². The molecule has 30 heavy (non-hydrogen) atoms. The zero-order valence-corrected chi connectivity index (χ0v) is 18.2. The van der Waals surface area contributed by atoms with Gasteiger partial charge in [-0.05, 0) is 66.7 Å². The minimum atomic E-state index is -4.05. The molecule has 3 aromatic rings. The van der Waals surface area contributed by atoms with Crippen LogP contribution in [0.15, 0.2) is 77.7 Å². The summed E-state index contributed by atoms with van der Waals surface area (Å²) in [5.74, 6) is 0.122. The van der Waals surface area contributed by atoms with Gasteiger partial charge in [-0.2, -0.15) is 0 Å². The highest BCUT2D eigenvalue weighted by molar-refractivity contribution is 7.92. The molecule has 0 heterocycles. The summed E-state index contributed by atoms with van der Waals surface area (Å²) in [7, 11) is -2.51. The number of amides is 1. The number of ether oxygens (including phenoxy) is 1. The summed E-state index contributed by atoms with van der Waals surface area (Å²) in [4.78, 5) is 12.7. The largest absolute Gasteiger partial charge is 0.497 e. The lowest BCUT2D eigenvalue weighted by molar-refractivity contribution is -0.114. The van der Waals surface area contributed by atoms with Crippen molar-refractivity contribution in [1.82, 2.24) is 0 Å². The van der Waals surface area contributed by atoms with Crippen LogP contribution in [0.1, 0.15) is 0 Å². The average Bonchev–Trinajstić information content (AvgIpc) is 2.73.